The van der Waals surface area contributed by atoms with Crippen molar-refractivity contribution in [1.82, 2.24) is 4.98 Å². The summed E-state index contributed by atoms with van der Waals surface area (Å²) in [7, 11) is 1.40. The van der Waals surface area contributed by atoms with Crippen molar-refractivity contribution in [3.8, 4) is 5.75 Å². The first-order valence-electron chi connectivity index (χ1n) is 5.68. The Morgan fingerprint density at radius 3 is 2.80 bits per heavy atom. The van der Waals surface area contributed by atoms with E-state index in [9.17, 15) is 13.6 Å². The summed E-state index contributed by atoms with van der Waals surface area (Å²) in [5.41, 5.74) is -0.0375. The summed E-state index contributed by atoms with van der Waals surface area (Å²) < 4.78 is 32.6. The minimum Gasteiger partial charge on any atom is -0.494 e. The number of ketones is 1. The number of halogens is 3. The topological polar surface area (TPSA) is 39.2 Å². The highest BCUT2D eigenvalue weighted by Gasteiger charge is 2.19. The van der Waals surface area contributed by atoms with Crippen LogP contribution in [0.1, 0.15) is 15.9 Å². The molecule has 3 nitrogen and oxygen atoms in total. The minimum absolute atomic E-state index is 0.114. The molecule has 0 fully saturated rings. The van der Waals surface area contributed by atoms with Gasteiger partial charge in [-0.05, 0) is 34.1 Å². The van der Waals surface area contributed by atoms with E-state index in [1.165, 1.54) is 31.6 Å². The van der Waals surface area contributed by atoms with Crippen molar-refractivity contribution in [3.05, 3.63) is 57.8 Å². The number of carbonyl (C=O) groups is 1. The lowest BCUT2D eigenvalue weighted by atomic mass is 10.0. The normalized spacial score (nSPS) is 10.4. The van der Waals surface area contributed by atoms with Crippen LogP contribution in [0.15, 0.2) is 35.1 Å². The number of pyridine rings is 1. The maximum absolute atomic E-state index is 13.8. The van der Waals surface area contributed by atoms with Gasteiger partial charge in [-0.15, -0.1) is 0 Å². The van der Waals surface area contributed by atoms with Gasteiger partial charge in [0.2, 0.25) is 0 Å². The van der Waals surface area contributed by atoms with Gasteiger partial charge >= 0.3 is 0 Å². The van der Waals surface area contributed by atoms with Crippen molar-refractivity contribution < 1.29 is 18.3 Å². The molecule has 104 valence electrons. The van der Waals surface area contributed by atoms with Crippen LogP contribution in [0.4, 0.5) is 8.78 Å². The van der Waals surface area contributed by atoms with E-state index in [1.807, 2.05) is 0 Å². The van der Waals surface area contributed by atoms with Crippen molar-refractivity contribution in [3.63, 3.8) is 0 Å². The number of methoxy groups -OCH3 is 1. The number of hydrogen-bond acceptors (Lipinski definition) is 3. The summed E-state index contributed by atoms with van der Waals surface area (Å²) in [4.78, 5) is 16.0. The molecule has 20 heavy (non-hydrogen) atoms. The molecule has 1 aromatic carbocycles. The molecule has 0 radical (unpaired) electrons. The second-order valence-corrected chi connectivity index (χ2v) is 4.85. The molecule has 0 amide bonds. The molecule has 6 heteroatoms. The van der Waals surface area contributed by atoms with E-state index in [1.54, 1.807) is 0 Å². The number of aromatic nitrogens is 1. The zero-order valence-electron chi connectivity index (χ0n) is 10.5. The van der Waals surface area contributed by atoms with Gasteiger partial charge < -0.3 is 4.74 Å². The van der Waals surface area contributed by atoms with Crippen LogP contribution < -0.4 is 4.74 Å². The molecule has 1 heterocycles. The van der Waals surface area contributed by atoms with E-state index in [2.05, 4.69) is 20.9 Å². The van der Waals surface area contributed by atoms with Gasteiger partial charge in [-0.25, -0.2) is 8.78 Å². The molecule has 0 N–H and O–H groups in total. The first-order chi connectivity index (χ1) is 9.54. The molecular weight excluding hydrogens is 332 g/mol. The molecule has 0 saturated heterocycles. The predicted octanol–water partition coefficient (Wildman–Crippen LogP) is 3.56. The zero-order chi connectivity index (χ0) is 14.7. The number of carbonyl (C=O) groups excluding carboxylic acids is 1. The first kappa shape index (κ1) is 14.6. The highest BCUT2D eigenvalue weighted by Crippen LogP contribution is 2.24. The van der Waals surface area contributed by atoms with E-state index in [0.717, 1.165) is 6.07 Å². The monoisotopic (exact) mass is 341 g/mol. The van der Waals surface area contributed by atoms with Crippen LogP contribution in [0, 0.1) is 11.6 Å². The second kappa shape index (κ2) is 6.09. The fourth-order valence-corrected chi connectivity index (χ4v) is 2.13. The van der Waals surface area contributed by atoms with Gasteiger partial charge in [0, 0.05) is 18.2 Å². The van der Waals surface area contributed by atoms with Gasteiger partial charge in [0.1, 0.15) is 17.4 Å². The van der Waals surface area contributed by atoms with Gasteiger partial charge in [0.15, 0.2) is 5.78 Å². The fourth-order valence-electron chi connectivity index (χ4n) is 1.76. The number of ether oxygens (including phenoxy) is 1. The Kier molecular flexibility index (Phi) is 4.44. The largest absolute Gasteiger partial charge is 0.494 e. The smallest absolute Gasteiger partial charge is 0.171 e. The lowest BCUT2D eigenvalue weighted by Crippen LogP contribution is -2.09. The Hall–Kier alpha value is -1.82. The Morgan fingerprint density at radius 2 is 2.10 bits per heavy atom. The van der Waals surface area contributed by atoms with Gasteiger partial charge in [0.05, 0.1) is 23.3 Å². The third-order valence-electron chi connectivity index (χ3n) is 2.78. The molecular formula is C14H10BrF2NO2. The molecule has 0 atom stereocenters. The Labute approximate surface area is 122 Å². The number of Topliss-reactive ketones (excluding diaryl/α,β-unsaturated/α-hetero) is 1. The third-order valence-corrected chi connectivity index (χ3v) is 3.39. The van der Waals surface area contributed by atoms with Gasteiger partial charge in [-0.2, -0.15) is 0 Å². The van der Waals surface area contributed by atoms with E-state index in [0.29, 0.717) is 0 Å². The molecule has 2 aromatic rings. The van der Waals surface area contributed by atoms with Crippen LogP contribution in [0.3, 0.4) is 0 Å². The number of rotatable bonds is 4. The lowest BCUT2D eigenvalue weighted by molar-refractivity contribution is 0.0987. The summed E-state index contributed by atoms with van der Waals surface area (Å²) in [5, 5.41) is 0. The zero-order valence-corrected chi connectivity index (χ0v) is 12.1. The molecule has 0 bridgehead atoms. The summed E-state index contributed by atoms with van der Waals surface area (Å²) in [6.45, 7) is 0. The summed E-state index contributed by atoms with van der Waals surface area (Å²) in [6.07, 6.45) is 2.40. The average molecular weight is 342 g/mol. The Balaban J connectivity index is 2.35. The third kappa shape index (κ3) is 2.85. The number of nitrogens with zero attached hydrogens (tertiary/aromatic N) is 1. The molecule has 1 aromatic heterocycles. The van der Waals surface area contributed by atoms with Crippen molar-refractivity contribution >= 4 is 21.7 Å². The molecule has 2 rings (SSSR count). The maximum Gasteiger partial charge on any atom is 0.171 e. The molecule has 0 aliphatic heterocycles. The van der Waals surface area contributed by atoms with Crippen molar-refractivity contribution in [2.75, 3.05) is 7.11 Å². The van der Waals surface area contributed by atoms with Crippen LogP contribution in [0.2, 0.25) is 0 Å². The van der Waals surface area contributed by atoms with Crippen LogP contribution in [-0.4, -0.2) is 17.9 Å². The standard InChI is InChI=1S/C14H10BrF2NO2/c1-20-13-7-18-5-4-8(13)12(19)6-9-11(16)3-2-10(15)14(9)17/h2-5,7H,6H2,1H3. The lowest BCUT2D eigenvalue weighted by Gasteiger charge is -2.08. The van der Waals surface area contributed by atoms with E-state index in [-0.39, 0.29) is 21.3 Å². The molecule has 0 unspecified atom stereocenters. The van der Waals surface area contributed by atoms with Crippen LogP contribution in [0.5, 0.6) is 5.75 Å². The molecule has 0 saturated carbocycles. The molecule has 0 spiro atoms. The van der Waals surface area contributed by atoms with Gasteiger partial charge in [-0.1, -0.05) is 0 Å². The van der Waals surface area contributed by atoms with Gasteiger partial charge in [-0.3, -0.25) is 9.78 Å². The summed E-state index contributed by atoms with van der Waals surface area (Å²) in [6, 6.07) is 3.82. The molecule has 0 aliphatic carbocycles. The summed E-state index contributed by atoms with van der Waals surface area (Å²) in [5.74, 6) is -1.70. The Bertz CT molecular complexity index is 662. The first-order valence-corrected chi connectivity index (χ1v) is 6.47. The number of hydrogen-bond donors (Lipinski definition) is 0. The Morgan fingerprint density at radius 1 is 1.35 bits per heavy atom. The van der Waals surface area contributed by atoms with Crippen LogP contribution in [-0.2, 0) is 6.42 Å². The van der Waals surface area contributed by atoms with E-state index in [4.69, 9.17) is 4.74 Å². The van der Waals surface area contributed by atoms with Crippen molar-refractivity contribution in [2.24, 2.45) is 0 Å². The maximum atomic E-state index is 13.8. The van der Waals surface area contributed by atoms with Crippen LogP contribution >= 0.6 is 15.9 Å². The fraction of sp³-hybridized carbons (Fsp3) is 0.143. The van der Waals surface area contributed by atoms with E-state index < -0.39 is 23.8 Å². The number of benzene rings is 1. The summed E-state index contributed by atoms with van der Waals surface area (Å²) >= 11 is 2.97. The highest BCUT2D eigenvalue weighted by molar-refractivity contribution is 9.10. The van der Waals surface area contributed by atoms with Crippen molar-refractivity contribution in [2.45, 2.75) is 6.42 Å². The average Bonchev–Trinajstić information content (AvgIpc) is 2.47. The van der Waals surface area contributed by atoms with Crippen LogP contribution in [0.25, 0.3) is 0 Å². The predicted molar refractivity (Wildman–Crippen MR) is 72.9 cm³/mol. The minimum atomic E-state index is -0.772. The quantitative estimate of drug-likeness (QED) is 0.630. The SMILES string of the molecule is COc1cnccc1C(=O)Cc1c(F)ccc(Br)c1F. The van der Waals surface area contributed by atoms with E-state index >= 15 is 0 Å². The highest BCUT2D eigenvalue weighted by atomic mass is 79.9. The second-order valence-electron chi connectivity index (χ2n) is 4.00. The van der Waals surface area contributed by atoms with Crippen molar-refractivity contribution in [1.29, 1.82) is 0 Å². The molecule has 0 aliphatic rings. The van der Waals surface area contributed by atoms with Gasteiger partial charge in [0.25, 0.3) is 0 Å².